The second-order valence-electron chi connectivity index (χ2n) is 2.94. The molecule has 1 heterocycles. The number of rotatable bonds is 7. The molecule has 1 aromatic rings. The molecule has 0 aliphatic heterocycles. The maximum Gasteiger partial charge on any atom is 0.148 e. The maximum atomic E-state index is 5.81. The van der Waals surface area contributed by atoms with Gasteiger partial charge in [-0.15, -0.1) is 6.58 Å². The summed E-state index contributed by atoms with van der Waals surface area (Å²) in [4.78, 5) is 7.88. The summed E-state index contributed by atoms with van der Waals surface area (Å²) in [7, 11) is 0. The van der Waals surface area contributed by atoms with Gasteiger partial charge in [0.05, 0.1) is 17.7 Å². The number of nitrogens with zero attached hydrogens (tertiary/aromatic N) is 2. The van der Waals surface area contributed by atoms with E-state index in [1.165, 1.54) is 6.33 Å². The molecule has 0 aliphatic carbocycles. The van der Waals surface area contributed by atoms with Crippen molar-refractivity contribution in [2.75, 3.05) is 25.1 Å². The molecule has 0 saturated carbocycles. The standard InChI is InChI=1S/C10H13BrClN3O/c1-2-3-5-16-6-4-13-10-8(11)9(12)14-7-15-10/h2,7H,1,3-6H2,(H,13,14,15). The van der Waals surface area contributed by atoms with Gasteiger partial charge in [0, 0.05) is 6.54 Å². The topological polar surface area (TPSA) is 47.0 Å². The van der Waals surface area contributed by atoms with Crippen LogP contribution in [0.3, 0.4) is 0 Å². The Morgan fingerprint density at radius 3 is 3.06 bits per heavy atom. The van der Waals surface area contributed by atoms with Crippen molar-refractivity contribution in [2.45, 2.75) is 6.42 Å². The van der Waals surface area contributed by atoms with Gasteiger partial charge < -0.3 is 10.1 Å². The van der Waals surface area contributed by atoms with E-state index in [4.69, 9.17) is 16.3 Å². The Kier molecular flexibility index (Phi) is 6.37. The van der Waals surface area contributed by atoms with E-state index in [1.807, 2.05) is 6.08 Å². The molecular formula is C10H13BrClN3O. The van der Waals surface area contributed by atoms with Crippen molar-refractivity contribution in [3.8, 4) is 0 Å². The summed E-state index contributed by atoms with van der Waals surface area (Å²) in [5.74, 6) is 0.673. The first-order chi connectivity index (χ1) is 7.75. The van der Waals surface area contributed by atoms with Crippen LogP contribution in [0.2, 0.25) is 5.15 Å². The first-order valence-corrected chi connectivity index (χ1v) is 6.01. The third-order valence-electron chi connectivity index (χ3n) is 1.75. The van der Waals surface area contributed by atoms with E-state index in [-0.39, 0.29) is 0 Å². The van der Waals surface area contributed by atoms with Crippen molar-refractivity contribution in [1.29, 1.82) is 0 Å². The first-order valence-electron chi connectivity index (χ1n) is 4.84. The van der Waals surface area contributed by atoms with Gasteiger partial charge in [-0.1, -0.05) is 17.7 Å². The SMILES string of the molecule is C=CCCOCCNc1ncnc(Cl)c1Br. The van der Waals surface area contributed by atoms with Crippen molar-refractivity contribution in [3.63, 3.8) is 0 Å². The Morgan fingerprint density at radius 2 is 2.31 bits per heavy atom. The van der Waals surface area contributed by atoms with E-state index in [2.05, 4.69) is 37.8 Å². The van der Waals surface area contributed by atoms with Crippen molar-refractivity contribution >= 4 is 33.3 Å². The molecule has 0 saturated heterocycles. The average Bonchev–Trinajstić information content (AvgIpc) is 2.29. The minimum absolute atomic E-state index is 0.394. The minimum Gasteiger partial charge on any atom is -0.379 e. The first kappa shape index (κ1) is 13.4. The summed E-state index contributed by atoms with van der Waals surface area (Å²) in [6.07, 6.45) is 4.10. The van der Waals surface area contributed by atoms with E-state index in [1.54, 1.807) is 0 Å². The van der Waals surface area contributed by atoms with Crippen LogP contribution in [0.5, 0.6) is 0 Å². The number of anilines is 1. The predicted octanol–water partition coefficient (Wildman–Crippen LogP) is 2.90. The molecule has 16 heavy (non-hydrogen) atoms. The molecule has 1 aromatic heterocycles. The third kappa shape index (κ3) is 4.47. The summed E-state index contributed by atoms with van der Waals surface area (Å²) in [6, 6.07) is 0. The fraction of sp³-hybridized carbons (Fsp3) is 0.400. The van der Waals surface area contributed by atoms with Crippen LogP contribution in [0.25, 0.3) is 0 Å². The van der Waals surface area contributed by atoms with Gasteiger partial charge in [0.1, 0.15) is 17.3 Å². The number of nitrogens with one attached hydrogen (secondary N) is 1. The predicted molar refractivity (Wildman–Crippen MR) is 68.9 cm³/mol. The number of halogens is 2. The molecule has 0 fully saturated rings. The lowest BCUT2D eigenvalue weighted by molar-refractivity contribution is 0.149. The summed E-state index contributed by atoms with van der Waals surface area (Å²) in [6.45, 7) is 5.59. The number of hydrogen-bond donors (Lipinski definition) is 1. The van der Waals surface area contributed by atoms with E-state index < -0.39 is 0 Å². The van der Waals surface area contributed by atoms with Crippen LogP contribution in [-0.2, 0) is 4.74 Å². The Hall–Kier alpha value is -0.650. The van der Waals surface area contributed by atoms with Crippen molar-refractivity contribution in [3.05, 3.63) is 28.6 Å². The van der Waals surface area contributed by atoms with E-state index in [0.717, 1.165) is 6.42 Å². The Bertz CT molecular complexity index is 349. The van der Waals surface area contributed by atoms with E-state index in [9.17, 15) is 0 Å². The van der Waals surface area contributed by atoms with Gasteiger partial charge in [0.25, 0.3) is 0 Å². The van der Waals surface area contributed by atoms with Gasteiger partial charge in [-0.2, -0.15) is 0 Å². The van der Waals surface area contributed by atoms with Crippen molar-refractivity contribution < 1.29 is 4.74 Å². The summed E-state index contributed by atoms with van der Waals surface area (Å²) in [5, 5.41) is 3.49. The maximum absolute atomic E-state index is 5.81. The summed E-state index contributed by atoms with van der Waals surface area (Å²) < 4.78 is 6.01. The molecule has 0 unspecified atom stereocenters. The van der Waals surface area contributed by atoms with Gasteiger partial charge >= 0.3 is 0 Å². The monoisotopic (exact) mass is 305 g/mol. The molecule has 0 radical (unpaired) electrons. The van der Waals surface area contributed by atoms with Crippen LogP contribution < -0.4 is 5.32 Å². The molecule has 0 aromatic carbocycles. The molecule has 0 spiro atoms. The zero-order valence-corrected chi connectivity index (χ0v) is 11.1. The Morgan fingerprint density at radius 1 is 1.50 bits per heavy atom. The average molecular weight is 307 g/mol. The lowest BCUT2D eigenvalue weighted by Gasteiger charge is -2.07. The molecule has 0 bridgehead atoms. The molecule has 0 aliphatic rings. The Labute approximate surface area is 108 Å². The van der Waals surface area contributed by atoms with Gasteiger partial charge in [-0.05, 0) is 22.4 Å². The molecular weight excluding hydrogens is 293 g/mol. The van der Waals surface area contributed by atoms with Gasteiger partial charge in [0.15, 0.2) is 0 Å². The molecule has 0 atom stereocenters. The molecule has 88 valence electrons. The summed E-state index contributed by atoms with van der Waals surface area (Å²) in [5.41, 5.74) is 0. The van der Waals surface area contributed by atoms with Crippen LogP contribution in [0.15, 0.2) is 23.5 Å². The Balaban J connectivity index is 2.26. The van der Waals surface area contributed by atoms with Crippen LogP contribution in [0.1, 0.15) is 6.42 Å². The largest absolute Gasteiger partial charge is 0.379 e. The third-order valence-corrected chi connectivity index (χ3v) is 3.02. The van der Waals surface area contributed by atoms with Gasteiger partial charge in [-0.3, -0.25) is 0 Å². The zero-order chi connectivity index (χ0) is 11.8. The molecule has 6 heteroatoms. The second-order valence-corrected chi connectivity index (χ2v) is 4.09. The highest BCUT2D eigenvalue weighted by Gasteiger charge is 2.05. The fourth-order valence-corrected chi connectivity index (χ4v) is 1.46. The quantitative estimate of drug-likeness (QED) is 0.478. The fourth-order valence-electron chi connectivity index (χ4n) is 0.982. The van der Waals surface area contributed by atoms with E-state index >= 15 is 0 Å². The molecule has 1 rings (SSSR count). The lowest BCUT2D eigenvalue weighted by Crippen LogP contribution is -2.11. The smallest absolute Gasteiger partial charge is 0.148 e. The highest BCUT2D eigenvalue weighted by molar-refractivity contribution is 9.10. The second kappa shape index (κ2) is 7.60. The van der Waals surface area contributed by atoms with Gasteiger partial charge in [-0.25, -0.2) is 9.97 Å². The van der Waals surface area contributed by atoms with Crippen molar-refractivity contribution in [2.24, 2.45) is 0 Å². The number of ether oxygens (including phenoxy) is 1. The highest BCUT2D eigenvalue weighted by atomic mass is 79.9. The number of hydrogen-bond acceptors (Lipinski definition) is 4. The molecule has 0 amide bonds. The van der Waals surface area contributed by atoms with Crippen molar-refractivity contribution in [1.82, 2.24) is 9.97 Å². The molecule has 1 N–H and O–H groups in total. The van der Waals surface area contributed by atoms with E-state index in [0.29, 0.717) is 35.2 Å². The van der Waals surface area contributed by atoms with Crippen LogP contribution in [0, 0.1) is 0 Å². The van der Waals surface area contributed by atoms with Crippen LogP contribution >= 0.6 is 27.5 Å². The lowest BCUT2D eigenvalue weighted by atomic mass is 10.4. The van der Waals surface area contributed by atoms with Crippen LogP contribution in [0.4, 0.5) is 5.82 Å². The highest BCUT2D eigenvalue weighted by Crippen LogP contribution is 2.25. The van der Waals surface area contributed by atoms with Gasteiger partial charge in [0.2, 0.25) is 0 Å². The van der Waals surface area contributed by atoms with Crippen LogP contribution in [-0.4, -0.2) is 29.7 Å². The zero-order valence-electron chi connectivity index (χ0n) is 8.75. The minimum atomic E-state index is 0.394. The number of aromatic nitrogens is 2. The summed E-state index contributed by atoms with van der Waals surface area (Å²) >= 11 is 9.12. The molecule has 4 nitrogen and oxygen atoms in total. The normalized spacial score (nSPS) is 10.1.